The number of nitrogens with one attached hydrogen (secondary N) is 1. The molecule has 1 atom stereocenters. The van der Waals surface area contributed by atoms with Crippen LogP contribution in [-0.2, 0) is 6.67 Å². The van der Waals surface area contributed by atoms with Gasteiger partial charge in [-0.3, -0.25) is 5.32 Å². The first-order valence-electron chi connectivity index (χ1n) is 4.81. The number of rotatable bonds is 0. The van der Waals surface area contributed by atoms with Gasteiger partial charge in [-0.25, -0.2) is 4.98 Å². The summed E-state index contributed by atoms with van der Waals surface area (Å²) in [5, 5.41) is 3.41. The summed E-state index contributed by atoms with van der Waals surface area (Å²) in [5.41, 5.74) is 0.288. The lowest BCUT2D eigenvalue weighted by Gasteiger charge is -2.34. The topological polar surface area (TPSA) is 29.9 Å². The Morgan fingerprint density at radius 1 is 1.54 bits per heavy atom. The molecule has 1 unspecified atom stereocenters. The summed E-state index contributed by atoms with van der Waals surface area (Å²) in [7, 11) is 0. The van der Waals surface area contributed by atoms with E-state index >= 15 is 0 Å². The Morgan fingerprint density at radius 2 is 2.31 bits per heavy atom. The van der Waals surface area contributed by atoms with Gasteiger partial charge in [0.15, 0.2) is 0 Å². The van der Waals surface area contributed by atoms with Gasteiger partial charge < -0.3 is 4.57 Å². The minimum Gasteiger partial charge on any atom is -0.321 e. The van der Waals surface area contributed by atoms with Gasteiger partial charge in [0.1, 0.15) is 5.82 Å². The third-order valence-electron chi connectivity index (χ3n) is 2.74. The molecule has 0 saturated heterocycles. The molecule has 1 aromatic heterocycles. The maximum atomic E-state index is 4.43. The van der Waals surface area contributed by atoms with Crippen LogP contribution in [-0.4, -0.2) is 16.1 Å². The first-order chi connectivity index (χ1) is 6.09. The van der Waals surface area contributed by atoms with Gasteiger partial charge in [0.25, 0.3) is 0 Å². The number of fused-ring (bicyclic) bond motifs is 1. The van der Waals surface area contributed by atoms with Crippen LogP contribution in [0.3, 0.4) is 0 Å². The number of aromatic nitrogens is 2. The summed E-state index contributed by atoms with van der Waals surface area (Å²) in [6, 6.07) is 0. The van der Waals surface area contributed by atoms with Crippen molar-refractivity contribution in [2.75, 3.05) is 6.54 Å². The minimum absolute atomic E-state index is 0.288. The zero-order valence-corrected chi connectivity index (χ0v) is 8.54. The fourth-order valence-corrected chi connectivity index (χ4v) is 1.88. The summed E-state index contributed by atoms with van der Waals surface area (Å²) < 4.78 is 2.19. The predicted molar refractivity (Wildman–Crippen MR) is 52.4 cm³/mol. The molecule has 0 spiro atoms. The van der Waals surface area contributed by atoms with Crippen LogP contribution in [0.15, 0.2) is 12.4 Å². The van der Waals surface area contributed by atoms with Crippen LogP contribution in [0.2, 0.25) is 0 Å². The predicted octanol–water partition coefficient (Wildman–Crippen LogP) is 1.57. The summed E-state index contributed by atoms with van der Waals surface area (Å²) in [6.07, 6.45) is 3.93. The summed E-state index contributed by atoms with van der Waals surface area (Å²) in [5.74, 6) is 1.75. The van der Waals surface area contributed by atoms with Gasteiger partial charge >= 0.3 is 0 Å². The molecule has 0 saturated carbocycles. The smallest absolute Gasteiger partial charge is 0.114 e. The molecule has 2 heterocycles. The lowest BCUT2D eigenvalue weighted by Crippen LogP contribution is -2.38. The van der Waals surface area contributed by atoms with Gasteiger partial charge in [0.2, 0.25) is 0 Å². The highest BCUT2D eigenvalue weighted by atomic mass is 15.2. The standard InChI is InChI=1S/C10H17N3/c1-10(2,3)8-6-11-7-13-5-4-12-9(8)13/h4-5,8,11H,6-7H2,1-3H3. The van der Waals surface area contributed by atoms with Crippen molar-refractivity contribution in [1.82, 2.24) is 14.9 Å². The van der Waals surface area contributed by atoms with Crippen molar-refractivity contribution in [3.8, 4) is 0 Å². The molecule has 0 aliphatic carbocycles. The average Bonchev–Trinajstić information content (AvgIpc) is 2.48. The van der Waals surface area contributed by atoms with E-state index in [0.29, 0.717) is 5.92 Å². The number of hydrogen-bond donors (Lipinski definition) is 1. The fourth-order valence-electron chi connectivity index (χ4n) is 1.88. The van der Waals surface area contributed by atoms with E-state index in [1.165, 1.54) is 5.82 Å². The Bertz CT molecular complexity index is 295. The van der Waals surface area contributed by atoms with E-state index < -0.39 is 0 Å². The average molecular weight is 179 g/mol. The maximum absolute atomic E-state index is 4.43. The molecule has 0 amide bonds. The van der Waals surface area contributed by atoms with Crippen molar-refractivity contribution in [2.24, 2.45) is 5.41 Å². The zero-order valence-electron chi connectivity index (χ0n) is 8.54. The second-order valence-electron chi connectivity index (χ2n) is 4.79. The molecule has 1 aliphatic heterocycles. The molecule has 3 nitrogen and oxygen atoms in total. The Kier molecular flexibility index (Phi) is 1.91. The lowest BCUT2D eigenvalue weighted by molar-refractivity contribution is 0.260. The van der Waals surface area contributed by atoms with E-state index in [1.807, 2.05) is 12.4 Å². The summed E-state index contributed by atoms with van der Waals surface area (Å²) in [4.78, 5) is 4.43. The van der Waals surface area contributed by atoms with Gasteiger partial charge in [0, 0.05) is 24.9 Å². The van der Waals surface area contributed by atoms with Crippen LogP contribution in [0.4, 0.5) is 0 Å². The first-order valence-corrected chi connectivity index (χ1v) is 4.81. The second-order valence-corrected chi connectivity index (χ2v) is 4.79. The molecule has 0 fully saturated rings. The second kappa shape index (κ2) is 2.84. The van der Waals surface area contributed by atoms with Crippen molar-refractivity contribution in [2.45, 2.75) is 33.4 Å². The minimum atomic E-state index is 0.288. The molecule has 0 bridgehead atoms. The van der Waals surface area contributed by atoms with Gasteiger partial charge in [-0.1, -0.05) is 20.8 Å². The molecular formula is C10H17N3. The van der Waals surface area contributed by atoms with Crippen molar-refractivity contribution in [3.63, 3.8) is 0 Å². The Morgan fingerprint density at radius 3 is 3.00 bits per heavy atom. The molecule has 1 N–H and O–H groups in total. The van der Waals surface area contributed by atoms with Crippen LogP contribution >= 0.6 is 0 Å². The van der Waals surface area contributed by atoms with Crippen LogP contribution in [0.5, 0.6) is 0 Å². The zero-order chi connectivity index (χ0) is 9.47. The van der Waals surface area contributed by atoms with Crippen LogP contribution in [0.1, 0.15) is 32.5 Å². The Hall–Kier alpha value is -0.830. The fraction of sp³-hybridized carbons (Fsp3) is 0.700. The van der Waals surface area contributed by atoms with E-state index in [0.717, 1.165) is 13.2 Å². The highest BCUT2D eigenvalue weighted by Gasteiger charge is 2.31. The number of hydrogen-bond acceptors (Lipinski definition) is 2. The molecule has 13 heavy (non-hydrogen) atoms. The Labute approximate surface area is 79.2 Å². The molecule has 0 aromatic carbocycles. The van der Waals surface area contributed by atoms with Crippen molar-refractivity contribution in [3.05, 3.63) is 18.2 Å². The molecule has 0 radical (unpaired) electrons. The first kappa shape index (κ1) is 8.75. The van der Waals surface area contributed by atoms with E-state index in [9.17, 15) is 0 Å². The van der Waals surface area contributed by atoms with E-state index in [1.54, 1.807) is 0 Å². The molecule has 2 rings (SSSR count). The van der Waals surface area contributed by atoms with Crippen molar-refractivity contribution >= 4 is 0 Å². The van der Waals surface area contributed by atoms with Gasteiger partial charge in [-0.15, -0.1) is 0 Å². The summed E-state index contributed by atoms with van der Waals surface area (Å²) >= 11 is 0. The van der Waals surface area contributed by atoms with E-state index in [-0.39, 0.29) is 5.41 Å². The van der Waals surface area contributed by atoms with Gasteiger partial charge in [-0.2, -0.15) is 0 Å². The lowest BCUT2D eigenvalue weighted by atomic mass is 9.79. The highest BCUT2D eigenvalue weighted by Crippen LogP contribution is 2.34. The van der Waals surface area contributed by atoms with Crippen molar-refractivity contribution < 1.29 is 0 Å². The number of nitrogens with zero attached hydrogens (tertiary/aromatic N) is 2. The van der Waals surface area contributed by atoms with Gasteiger partial charge in [0.05, 0.1) is 6.67 Å². The molecule has 1 aliphatic rings. The largest absolute Gasteiger partial charge is 0.321 e. The SMILES string of the molecule is CC(C)(C)C1CNCn2ccnc21. The Balaban J connectivity index is 2.35. The monoisotopic (exact) mass is 179 g/mol. The van der Waals surface area contributed by atoms with Gasteiger partial charge in [-0.05, 0) is 5.41 Å². The molecule has 3 heteroatoms. The van der Waals surface area contributed by atoms with Crippen LogP contribution < -0.4 is 5.32 Å². The quantitative estimate of drug-likeness (QED) is 0.655. The van der Waals surface area contributed by atoms with E-state index in [4.69, 9.17) is 0 Å². The third kappa shape index (κ3) is 1.48. The molecule has 1 aromatic rings. The summed E-state index contributed by atoms with van der Waals surface area (Å²) in [6.45, 7) is 8.75. The third-order valence-corrected chi connectivity index (χ3v) is 2.74. The highest BCUT2D eigenvalue weighted by molar-refractivity contribution is 5.07. The molecular weight excluding hydrogens is 162 g/mol. The number of imidazole rings is 1. The van der Waals surface area contributed by atoms with Crippen LogP contribution in [0.25, 0.3) is 0 Å². The van der Waals surface area contributed by atoms with E-state index in [2.05, 4.69) is 35.6 Å². The molecule has 72 valence electrons. The normalized spacial score (nSPS) is 22.8. The maximum Gasteiger partial charge on any atom is 0.114 e. The van der Waals surface area contributed by atoms with Crippen molar-refractivity contribution in [1.29, 1.82) is 0 Å². The van der Waals surface area contributed by atoms with Crippen LogP contribution in [0, 0.1) is 5.41 Å².